The number of rotatable bonds is 3. The molecule has 1 aromatic heterocycles. The van der Waals surface area contributed by atoms with E-state index in [2.05, 4.69) is 15.3 Å². The summed E-state index contributed by atoms with van der Waals surface area (Å²) < 4.78 is 1.56. The Labute approximate surface area is 99.0 Å². The Balaban J connectivity index is 2.51. The maximum Gasteiger partial charge on any atom is 0.255 e. The van der Waals surface area contributed by atoms with Gasteiger partial charge in [-0.1, -0.05) is 6.07 Å². The highest BCUT2D eigenvalue weighted by atomic mass is 16.7. The molecule has 0 saturated heterocycles. The van der Waals surface area contributed by atoms with Crippen LogP contribution in [0.4, 0.5) is 0 Å². The van der Waals surface area contributed by atoms with Gasteiger partial charge in [-0.05, 0) is 44.0 Å². The Bertz CT molecular complexity index is 561. The van der Waals surface area contributed by atoms with E-state index in [1.54, 1.807) is 10.7 Å². The van der Waals surface area contributed by atoms with Crippen LogP contribution < -0.4 is 4.84 Å². The van der Waals surface area contributed by atoms with E-state index in [1.807, 2.05) is 39.0 Å². The zero-order valence-electron chi connectivity index (χ0n) is 9.97. The van der Waals surface area contributed by atoms with E-state index in [-0.39, 0.29) is 0 Å². The van der Waals surface area contributed by atoms with E-state index in [9.17, 15) is 4.91 Å². The summed E-state index contributed by atoms with van der Waals surface area (Å²) >= 11 is 0. The molecule has 0 aliphatic carbocycles. The largest absolute Gasteiger partial charge is 0.303 e. The molecule has 5 nitrogen and oxygen atoms in total. The SMILES string of the molecule is Cc1cc(ON=O)n(-c2ccc(C)c(C)c2)n1. The molecule has 0 spiro atoms. The molecular weight excluding hydrogens is 218 g/mol. The molecule has 17 heavy (non-hydrogen) atoms. The minimum atomic E-state index is 0.320. The second kappa shape index (κ2) is 4.37. The third-order valence-electron chi connectivity index (χ3n) is 2.66. The molecule has 2 rings (SSSR count). The van der Waals surface area contributed by atoms with Crippen molar-refractivity contribution in [2.75, 3.05) is 0 Å². The number of nitrogens with zero attached hydrogens (tertiary/aromatic N) is 3. The molecule has 0 aliphatic heterocycles. The van der Waals surface area contributed by atoms with Crippen molar-refractivity contribution in [3.8, 4) is 11.6 Å². The number of aryl methyl sites for hydroxylation is 3. The zero-order chi connectivity index (χ0) is 12.4. The van der Waals surface area contributed by atoms with Crippen molar-refractivity contribution in [3.63, 3.8) is 0 Å². The van der Waals surface area contributed by atoms with Crippen molar-refractivity contribution in [2.24, 2.45) is 5.34 Å². The van der Waals surface area contributed by atoms with Gasteiger partial charge in [0, 0.05) is 6.07 Å². The first-order chi connectivity index (χ1) is 8.11. The lowest BCUT2D eigenvalue weighted by Crippen LogP contribution is -2.00. The van der Waals surface area contributed by atoms with Crippen molar-refractivity contribution in [1.29, 1.82) is 0 Å². The fourth-order valence-electron chi connectivity index (χ4n) is 1.62. The molecule has 0 N–H and O–H groups in total. The highest BCUT2D eigenvalue weighted by Gasteiger charge is 2.10. The van der Waals surface area contributed by atoms with E-state index in [4.69, 9.17) is 0 Å². The first-order valence-electron chi connectivity index (χ1n) is 5.26. The Morgan fingerprint density at radius 1 is 1.18 bits per heavy atom. The quantitative estimate of drug-likeness (QED) is 0.602. The molecule has 5 heteroatoms. The molecule has 0 fully saturated rings. The summed E-state index contributed by atoms with van der Waals surface area (Å²) in [4.78, 5) is 14.8. The van der Waals surface area contributed by atoms with Crippen LogP contribution in [0.3, 0.4) is 0 Å². The molecule has 0 atom stereocenters. The minimum absolute atomic E-state index is 0.320. The molecule has 0 unspecified atom stereocenters. The third-order valence-corrected chi connectivity index (χ3v) is 2.66. The highest BCUT2D eigenvalue weighted by molar-refractivity contribution is 5.41. The first kappa shape index (κ1) is 11.3. The molecule has 1 heterocycles. The van der Waals surface area contributed by atoms with Crippen molar-refractivity contribution >= 4 is 0 Å². The van der Waals surface area contributed by atoms with Crippen LogP contribution >= 0.6 is 0 Å². The predicted molar refractivity (Wildman–Crippen MR) is 64.2 cm³/mol. The average molecular weight is 231 g/mol. The fourth-order valence-corrected chi connectivity index (χ4v) is 1.62. The van der Waals surface area contributed by atoms with Gasteiger partial charge in [-0.2, -0.15) is 9.78 Å². The van der Waals surface area contributed by atoms with Gasteiger partial charge in [0.15, 0.2) is 5.34 Å². The summed E-state index contributed by atoms with van der Waals surface area (Å²) in [5.74, 6) is 0.320. The van der Waals surface area contributed by atoms with Crippen molar-refractivity contribution in [2.45, 2.75) is 20.8 Å². The summed E-state index contributed by atoms with van der Waals surface area (Å²) in [5, 5.41) is 6.70. The number of aromatic nitrogens is 2. The number of benzene rings is 1. The van der Waals surface area contributed by atoms with Crippen molar-refractivity contribution in [1.82, 2.24) is 9.78 Å². The van der Waals surface area contributed by atoms with E-state index in [1.165, 1.54) is 5.56 Å². The molecule has 0 amide bonds. The maximum atomic E-state index is 10.2. The van der Waals surface area contributed by atoms with E-state index < -0.39 is 0 Å². The van der Waals surface area contributed by atoms with Crippen LogP contribution in [-0.4, -0.2) is 9.78 Å². The summed E-state index contributed by atoms with van der Waals surface area (Å²) in [6.07, 6.45) is 0. The van der Waals surface area contributed by atoms with Gasteiger partial charge in [-0.15, -0.1) is 4.91 Å². The van der Waals surface area contributed by atoms with Crippen LogP contribution in [0.15, 0.2) is 29.6 Å². The number of hydrogen-bond acceptors (Lipinski definition) is 4. The second-order valence-electron chi connectivity index (χ2n) is 3.97. The zero-order valence-corrected chi connectivity index (χ0v) is 9.97. The fraction of sp³-hybridized carbons (Fsp3) is 0.250. The van der Waals surface area contributed by atoms with Gasteiger partial charge in [0.05, 0.1) is 11.4 Å². The minimum Gasteiger partial charge on any atom is -0.303 e. The second-order valence-corrected chi connectivity index (χ2v) is 3.97. The van der Waals surface area contributed by atoms with Crippen LogP contribution in [0, 0.1) is 25.7 Å². The molecule has 88 valence electrons. The van der Waals surface area contributed by atoms with Crippen molar-refractivity contribution in [3.05, 3.63) is 46.0 Å². The molecule has 0 aliphatic rings. The maximum absolute atomic E-state index is 10.2. The molecule has 0 bridgehead atoms. The van der Waals surface area contributed by atoms with Crippen LogP contribution in [0.5, 0.6) is 5.88 Å². The van der Waals surface area contributed by atoms with Crippen LogP contribution in [0.25, 0.3) is 5.69 Å². The Morgan fingerprint density at radius 3 is 2.59 bits per heavy atom. The normalized spacial score (nSPS) is 10.3. The molecule has 0 saturated carbocycles. The average Bonchev–Trinajstić information content (AvgIpc) is 2.64. The van der Waals surface area contributed by atoms with Gasteiger partial charge in [0.1, 0.15) is 0 Å². The van der Waals surface area contributed by atoms with Crippen LogP contribution in [0.1, 0.15) is 16.8 Å². The molecule has 1 aromatic carbocycles. The van der Waals surface area contributed by atoms with Gasteiger partial charge in [0.25, 0.3) is 5.88 Å². The summed E-state index contributed by atoms with van der Waals surface area (Å²) in [6.45, 7) is 5.89. The van der Waals surface area contributed by atoms with Gasteiger partial charge in [-0.3, -0.25) is 0 Å². The lowest BCUT2D eigenvalue weighted by molar-refractivity contribution is 0.311. The van der Waals surface area contributed by atoms with Crippen LogP contribution in [0.2, 0.25) is 0 Å². The molecule has 0 radical (unpaired) electrons. The number of hydrogen-bond donors (Lipinski definition) is 0. The van der Waals surface area contributed by atoms with E-state index in [0.29, 0.717) is 5.88 Å². The van der Waals surface area contributed by atoms with E-state index in [0.717, 1.165) is 16.9 Å². The Hall–Kier alpha value is -2.17. The monoisotopic (exact) mass is 231 g/mol. The summed E-state index contributed by atoms with van der Waals surface area (Å²) in [6, 6.07) is 7.57. The lowest BCUT2D eigenvalue weighted by atomic mass is 10.1. The van der Waals surface area contributed by atoms with Gasteiger partial charge >= 0.3 is 0 Å². The van der Waals surface area contributed by atoms with Gasteiger partial charge < -0.3 is 4.84 Å². The molecule has 2 aromatic rings. The van der Waals surface area contributed by atoms with Gasteiger partial charge in [-0.25, -0.2) is 0 Å². The molecular formula is C12H13N3O2. The first-order valence-corrected chi connectivity index (χ1v) is 5.26. The Kier molecular flexibility index (Phi) is 2.91. The van der Waals surface area contributed by atoms with Crippen molar-refractivity contribution < 1.29 is 4.84 Å². The Morgan fingerprint density at radius 2 is 1.94 bits per heavy atom. The highest BCUT2D eigenvalue weighted by Crippen LogP contribution is 2.21. The predicted octanol–water partition coefficient (Wildman–Crippen LogP) is 2.86. The summed E-state index contributed by atoms with van der Waals surface area (Å²) in [7, 11) is 0. The summed E-state index contributed by atoms with van der Waals surface area (Å²) in [5.41, 5.74) is 3.97. The smallest absolute Gasteiger partial charge is 0.255 e. The third kappa shape index (κ3) is 2.18. The van der Waals surface area contributed by atoms with Crippen LogP contribution in [-0.2, 0) is 0 Å². The van der Waals surface area contributed by atoms with Gasteiger partial charge in [0.2, 0.25) is 0 Å². The standard InChI is InChI=1S/C12H13N3O2/c1-8-4-5-11(6-9(8)2)15-12(17-14-16)7-10(3)13-15/h4-7H,1-3H3. The van der Waals surface area contributed by atoms with E-state index >= 15 is 0 Å². The lowest BCUT2D eigenvalue weighted by Gasteiger charge is -2.06. The topological polar surface area (TPSA) is 56.5 Å².